The fourth-order valence-electron chi connectivity index (χ4n) is 3.10. The van der Waals surface area contributed by atoms with Crippen LogP contribution in [0.25, 0.3) is 6.08 Å². The summed E-state index contributed by atoms with van der Waals surface area (Å²) in [6, 6.07) is 13.4. The minimum atomic E-state index is -3.69. The summed E-state index contributed by atoms with van der Waals surface area (Å²) in [4.78, 5) is 25.2. The molecule has 9 heteroatoms. The van der Waals surface area contributed by atoms with Crippen LogP contribution in [0.5, 0.6) is 0 Å². The van der Waals surface area contributed by atoms with Crippen LogP contribution < -0.4 is 5.32 Å². The number of benzene rings is 2. The Balaban J connectivity index is 1.58. The normalized spacial score (nSPS) is 15.3. The molecule has 2 amide bonds. The van der Waals surface area contributed by atoms with Gasteiger partial charge < -0.3 is 10.2 Å². The highest BCUT2D eigenvalue weighted by molar-refractivity contribution is 7.89. The van der Waals surface area contributed by atoms with Crippen LogP contribution in [-0.4, -0.2) is 55.6 Å². The highest BCUT2D eigenvalue weighted by atomic mass is 35.5. The molecule has 2 aromatic carbocycles. The third kappa shape index (κ3) is 5.27. The second kappa shape index (κ2) is 9.42. The Labute approximate surface area is 181 Å². The standard InChI is InChI=1S/C21H22ClN3O4S/c1-16(26)23-18-9-6-17(7-10-18)8-11-21(27)24-12-14-25(15-13-24)30(28,29)20-5-3-2-4-19(20)22/h2-11H,12-15H2,1H3,(H,23,26)/b11-8+. The zero-order chi connectivity index (χ0) is 21.7. The zero-order valence-corrected chi connectivity index (χ0v) is 18.0. The van der Waals surface area contributed by atoms with Crippen molar-refractivity contribution < 1.29 is 18.0 Å². The van der Waals surface area contributed by atoms with E-state index >= 15 is 0 Å². The van der Waals surface area contributed by atoms with E-state index in [9.17, 15) is 18.0 Å². The van der Waals surface area contributed by atoms with Crippen molar-refractivity contribution in [2.75, 3.05) is 31.5 Å². The first-order chi connectivity index (χ1) is 14.3. The molecule has 0 radical (unpaired) electrons. The second-order valence-electron chi connectivity index (χ2n) is 6.80. The number of halogens is 1. The average molecular weight is 448 g/mol. The van der Waals surface area contributed by atoms with Gasteiger partial charge in [0.05, 0.1) is 5.02 Å². The molecule has 0 unspecified atom stereocenters. The van der Waals surface area contributed by atoms with Gasteiger partial charge in [-0.2, -0.15) is 4.31 Å². The lowest BCUT2D eigenvalue weighted by Gasteiger charge is -2.33. The largest absolute Gasteiger partial charge is 0.337 e. The first-order valence-electron chi connectivity index (χ1n) is 9.37. The van der Waals surface area contributed by atoms with E-state index in [1.54, 1.807) is 53.4 Å². The van der Waals surface area contributed by atoms with Crippen LogP contribution >= 0.6 is 11.6 Å². The molecule has 0 atom stereocenters. The number of hydrogen-bond donors (Lipinski definition) is 1. The van der Waals surface area contributed by atoms with Gasteiger partial charge in [0, 0.05) is 44.9 Å². The van der Waals surface area contributed by atoms with Crippen molar-refractivity contribution in [1.29, 1.82) is 0 Å². The molecule has 0 aliphatic carbocycles. The molecule has 7 nitrogen and oxygen atoms in total. The summed E-state index contributed by atoms with van der Waals surface area (Å²) in [7, 11) is -3.69. The van der Waals surface area contributed by atoms with E-state index in [0.717, 1.165) is 5.56 Å². The Bertz CT molecular complexity index is 1060. The summed E-state index contributed by atoms with van der Waals surface area (Å²) < 4.78 is 26.9. The maximum atomic E-state index is 12.8. The molecule has 1 saturated heterocycles. The second-order valence-corrected chi connectivity index (χ2v) is 9.11. The van der Waals surface area contributed by atoms with Gasteiger partial charge in [0.1, 0.15) is 4.90 Å². The van der Waals surface area contributed by atoms with Gasteiger partial charge in [0.15, 0.2) is 0 Å². The van der Waals surface area contributed by atoms with Crippen LogP contribution in [0.2, 0.25) is 5.02 Å². The molecule has 0 bridgehead atoms. The van der Waals surface area contributed by atoms with Crippen molar-refractivity contribution in [3.63, 3.8) is 0 Å². The first-order valence-corrected chi connectivity index (χ1v) is 11.2. The summed E-state index contributed by atoms with van der Waals surface area (Å²) in [6.45, 7) is 2.45. The summed E-state index contributed by atoms with van der Waals surface area (Å²) >= 11 is 6.04. The number of anilines is 1. The van der Waals surface area contributed by atoms with Crippen molar-refractivity contribution >= 4 is 45.2 Å². The molecule has 1 aliphatic rings. The number of nitrogens with one attached hydrogen (secondary N) is 1. The predicted molar refractivity (Wildman–Crippen MR) is 117 cm³/mol. The highest BCUT2D eigenvalue weighted by Gasteiger charge is 2.30. The van der Waals surface area contributed by atoms with Crippen LogP contribution in [0, 0.1) is 0 Å². The maximum absolute atomic E-state index is 12.8. The van der Waals surface area contributed by atoms with Crippen molar-refractivity contribution in [2.24, 2.45) is 0 Å². The van der Waals surface area contributed by atoms with Gasteiger partial charge in [-0.15, -0.1) is 0 Å². The number of carbonyl (C=O) groups excluding carboxylic acids is 2. The van der Waals surface area contributed by atoms with E-state index in [4.69, 9.17) is 11.6 Å². The Morgan fingerprint density at radius 3 is 2.23 bits per heavy atom. The third-order valence-corrected chi connectivity index (χ3v) is 7.05. The lowest BCUT2D eigenvalue weighted by atomic mass is 10.2. The van der Waals surface area contributed by atoms with Gasteiger partial charge in [-0.3, -0.25) is 9.59 Å². The van der Waals surface area contributed by atoms with Crippen molar-refractivity contribution in [3.8, 4) is 0 Å². The molecular formula is C21H22ClN3O4S. The molecule has 3 rings (SSSR count). The predicted octanol–water partition coefficient (Wildman–Crippen LogP) is 2.84. The monoisotopic (exact) mass is 447 g/mol. The van der Waals surface area contributed by atoms with E-state index in [0.29, 0.717) is 18.8 Å². The van der Waals surface area contributed by atoms with E-state index < -0.39 is 10.0 Å². The number of carbonyl (C=O) groups is 2. The summed E-state index contributed by atoms with van der Waals surface area (Å²) in [5.41, 5.74) is 1.50. The molecule has 2 aromatic rings. The molecule has 0 aromatic heterocycles. The van der Waals surface area contributed by atoms with Crippen LogP contribution in [-0.2, 0) is 19.6 Å². The number of sulfonamides is 1. The fraction of sp³-hybridized carbons (Fsp3) is 0.238. The van der Waals surface area contributed by atoms with Crippen LogP contribution in [0.4, 0.5) is 5.69 Å². The molecule has 30 heavy (non-hydrogen) atoms. The molecule has 1 aliphatic heterocycles. The summed E-state index contributed by atoms with van der Waals surface area (Å²) in [5, 5.41) is 2.86. The van der Waals surface area contributed by atoms with Gasteiger partial charge in [-0.05, 0) is 35.9 Å². The van der Waals surface area contributed by atoms with Gasteiger partial charge in [0.25, 0.3) is 0 Å². The van der Waals surface area contributed by atoms with Crippen LogP contribution in [0.15, 0.2) is 59.5 Å². The quantitative estimate of drug-likeness (QED) is 0.714. The highest BCUT2D eigenvalue weighted by Crippen LogP contribution is 2.25. The molecule has 1 fully saturated rings. The molecular weight excluding hydrogens is 426 g/mol. The maximum Gasteiger partial charge on any atom is 0.246 e. The van der Waals surface area contributed by atoms with Crippen molar-refractivity contribution in [3.05, 3.63) is 65.2 Å². The number of hydrogen-bond acceptors (Lipinski definition) is 4. The minimum absolute atomic E-state index is 0.0778. The number of amides is 2. The average Bonchev–Trinajstić information content (AvgIpc) is 2.73. The number of nitrogens with zero attached hydrogens (tertiary/aromatic N) is 2. The van der Waals surface area contributed by atoms with Crippen LogP contribution in [0.1, 0.15) is 12.5 Å². The third-order valence-electron chi connectivity index (χ3n) is 4.65. The van der Waals surface area contributed by atoms with E-state index in [1.807, 2.05) is 0 Å². The van der Waals surface area contributed by atoms with Crippen molar-refractivity contribution in [1.82, 2.24) is 9.21 Å². The SMILES string of the molecule is CC(=O)Nc1ccc(/C=C/C(=O)N2CCN(S(=O)(=O)c3ccccc3Cl)CC2)cc1. The lowest BCUT2D eigenvalue weighted by molar-refractivity contribution is -0.127. The van der Waals surface area contributed by atoms with Crippen LogP contribution in [0.3, 0.4) is 0 Å². The van der Waals surface area contributed by atoms with E-state index in [-0.39, 0.29) is 34.8 Å². The fourth-order valence-corrected chi connectivity index (χ4v) is 5.01. The van der Waals surface area contributed by atoms with Gasteiger partial charge >= 0.3 is 0 Å². The molecule has 158 valence electrons. The zero-order valence-electron chi connectivity index (χ0n) is 16.4. The van der Waals surface area contributed by atoms with Gasteiger partial charge in [-0.1, -0.05) is 35.9 Å². The van der Waals surface area contributed by atoms with Crippen molar-refractivity contribution in [2.45, 2.75) is 11.8 Å². The molecule has 1 N–H and O–H groups in total. The van der Waals surface area contributed by atoms with E-state index in [1.165, 1.54) is 23.4 Å². The smallest absolute Gasteiger partial charge is 0.246 e. The first kappa shape index (κ1) is 22.0. The summed E-state index contributed by atoms with van der Waals surface area (Å²) in [6.07, 6.45) is 3.15. The Morgan fingerprint density at radius 1 is 1.00 bits per heavy atom. The Kier molecular flexibility index (Phi) is 6.91. The Morgan fingerprint density at radius 2 is 1.63 bits per heavy atom. The Hall–Kier alpha value is -2.68. The number of rotatable bonds is 5. The molecule has 0 saturated carbocycles. The lowest BCUT2D eigenvalue weighted by Crippen LogP contribution is -2.50. The molecule has 0 spiro atoms. The number of piperazine rings is 1. The van der Waals surface area contributed by atoms with E-state index in [2.05, 4.69) is 5.32 Å². The van der Waals surface area contributed by atoms with Gasteiger partial charge in [-0.25, -0.2) is 8.42 Å². The van der Waals surface area contributed by atoms with Gasteiger partial charge in [0.2, 0.25) is 21.8 Å². The molecule has 1 heterocycles. The topological polar surface area (TPSA) is 86.8 Å². The minimum Gasteiger partial charge on any atom is -0.337 e. The summed E-state index contributed by atoms with van der Waals surface area (Å²) in [5.74, 6) is -0.333.